The van der Waals surface area contributed by atoms with E-state index in [0.29, 0.717) is 4.90 Å². The van der Waals surface area contributed by atoms with Crippen molar-refractivity contribution in [3.63, 3.8) is 0 Å². The van der Waals surface area contributed by atoms with Gasteiger partial charge in [-0.25, -0.2) is 13.1 Å². The van der Waals surface area contributed by atoms with Gasteiger partial charge in [-0.2, -0.15) is 0 Å². The van der Waals surface area contributed by atoms with E-state index in [2.05, 4.69) is 4.72 Å². The Balaban J connectivity index is 2.51. The molecule has 4 nitrogen and oxygen atoms in total. The first-order valence-electron chi connectivity index (χ1n) is 4.86. The first kappa shape index (κ1) is 10.6. The highest BCUT2D eigenvalue weighted by Crippen LogP contribution is 2.30. The molecule has 0 saturated heterocycles. The van der Waals surface area contributed by atoms with Crippen LogP contribution in [-0.2, 0) is 16.4 Å². The minimum Gasteiger partial charge on any atom is -0.324 e. The van der Waals surface area contributed by atoms with Gasteiger partial charge in [0, 0.05) is 6.04 Å². The van der Waals surface area contributed by atoms with Crippen molar-refractivity contribution in [3.8, 4) is 0 Å². The summed E-state index contributed by atoms with van der Waals surface area (Å²) in [7, 11) is -1.94. The zero-order valence-corrected chi connectivity index (χ0v) is 9.34. The van der Waals surface area contributed by atoms with Crippen LogP contribution in [0.3, 0.4) is 0 Å². The first-order chi connectivity index (χ1) is 7.04. The summed E-state index contributed by atoms with van der Waals surface area (Å²) in [5, 5.41) is 0. The monoisotopic (exact) mass is 226 g/mol. The lowest BCUT2D eigenvalue weighted by Crippen LogP contribution is -2.19. The molecule has 1 aliphatic rings. The second-order valence-corrected chi connectivity index (χ2v) is 5.60. The SMILES string of the molecule is CNS(=O)(=O)c1ccc2c(c1)[C@H](N)CC2. The van der Waals surface area contributed by atoms with Crippen LogP contribution in [0.2, 0.25) is 0 Å². The predicted molar refractivity (Wildman–Crippen MR) is 57.9 cm³/mol. The summed E-state index contributed by atoms with van der Waals surface area (Å²) in [5.41, 5.74) is 8.01. The van der Waals surface area contributed by atoms with Gasteiger partial charge in [-0.3, -0.25) is 0 Å². The molecule has 0 radical (unpaired) electrons. The summed E-state index contributed by atoms with van der Waals surface area (Å²) in [5.74, 6) is 0. The minimum atomic E-state index is -3.35. The van der Waals surface area contributed by atoms with Crippen LogP contribution < -0.4 is 10.5 Å². The molecular formula is C10H14N2O2S. The van der Waals surface area contributed by atoms with E-state index in [9.17, 15) is 8.42 Å². The molecule has 3 N–H and O–H groups in total. The fraction of sp³-hybridized carbons (Fsp3) is 0.400. The van der Waals surface area contributed by atoms with Gasteiger partial charge in [0.15, 0.2) is 0 Å². The van der Waals surface area contributed by atoms with Crippen LogP contribution in [0.4, 0.5) is 0 Å². The van der Waals surface area contributed by atoms with Crippen molar-refractivity contribution in [1.82, 2.24) is 4.72 Å². The van der Waals surface area contributed by atoms with Crippen LogP contribution in [0, 0.1) is 0 Å². The van der Waals surface area contributed by atoms with Gasteiger partial charge in [0.1, 0.15) is 0 Å². The van der Waals surface area contributed by atoms with Gasteiger partial charge < -0.3 is 5.73 Å². The molecule has 1 aromatic rings. The molecule has 1 aliphatic carbocycles. The van der Waals surface area contributed by atoms with Crippen LogP contribution in [0.25, 0.3) is 0 Å². The third-order valence-corrected chi connectivity index (χ3v) is 4.23. The van der Waals surface area contributed by atoms with Crippen molar-refractivity contribution < 1.29 is 8.42 Å². The molecule has 1 atom stereocenters. The molecule has 1 aromatic carbocycles. The third kappa shape index (κ3) is 1.78. The number of nitrogens with one attached hydrogen (secondary N) is 1. The largest absolute Gasteiger partial charge is 0.324 e. The second kappa shape index (κ2) is 3.59. The molecular weight excluding hydrogens is 212 g/mol. The van der Waals surface area contributed by atoms with Gasteiger partial charge in [-0.1, -0.05) is 6.07 Å². The molecule has 0 unspecified atom stereocenters. The highest BCUT2D eigenvalue weighted by Gasteiger charge is 2.21. The Morgan fingerprint density at radius 1 is 1.47 bits per heavy atom. The molecule has 0 aromatic heterocycles. The number of rotatable bonds is 2. The van der Waals surface area contributed by atoms with Crippen molar-refractivity contribution in [1.29, 1.82) is 0 Å². The molecule has 0 bridgehead atoms. The summed E-state index contributed by atoms with van der Waals surface area (Å²) in [4.78, 5) is 0.293. The molecule has 0 amide bonds. The maximum Gasteiger partial charge on any atom is 0.240 e. The standard InChI is InChI=1S/C10H14N2O2S/c1-12-15(13,14)8-4-2-7-3-5-10(11)9(7)6-8/h2,4,6,10,12H,3,5,11H2,1H3/t10-/m1/s1. The fourth-order valence-corrected chi connectivity index (χ4v) is 2.66. The minimum absolute atomic E-state index is 0.0213. The lowest BCUT2D eigenvalue weighted by molar-refractivity contribution is 0.588. The Morgan fingerprint density at radius 2 is 2.20 bits per heavy atom. The highest BCUT2D eigenvalue weighted by atomic mass is 32.2. The lowest BCUT2D eigenvalue weighted by atomic mass is 10.1. The number of sulfonamides is 1. The first-order valence-corrected chi connectivity index (χ1v) is 6.35. The summed E-state index contributed by atoms with van der Waals surface area (Å²) in [6.07, 6.45) is 1.84. The summed E-state index contributed by atoms with van der Waals surface area (Å²) >= 11 is 0. The topological polar surface area (TPSA) is 72.2 Å². The van der Waals surface area contributed by atoms with E-state index in [1.54, 1.807) is 12.1 Å². The van der Waals surface area contributed by atoms with Crippen molar-refractivity contribution in [2.24, 2.45) is 5.73 Å². The van der Waals surface area contributed by atoms with Crippen LogP contribution in [0.5, 0.6) is 0 Å². The van der Waals surface area contributed by atoms with E-state index < -0.39 is 10.0 Å². The zero-order valence-electron chi connectivity index (χ0n) is 8.53. The quantitative estimate of drug-likeness (QED) is 0.773. The van der Waals surface area contributed by atoms with Crippen molar-refractivity contribution in [3.05, 3.63) is 29.3 Å². The van der Waals surface area contributed by atoms with Gasteiger partial charge in [-0.15, -0.1) is 0 Å². The molecule has 0 saturated carbocycles. The van der Waals surface area contributed by atoms with Crippen LogP contribution >= 0.6 is 0 Å². The Kier molecular flexibility index (Phi) is 2.54. The van der Waals surface area contributed by atoms with E-state index in [4.69, 9.17) is 5.73 Å². The normalized spacial score (nSPS) is 20.3. The molecule has 2 rings (SSSR count). The van der Waals surface area contributed by atoms with E-state index in [1.807, 2.05) is 6.07 Å². The average Bonchev–Trinajstić information content (AvgIpc) is 2.60. The van der Waals surface area contributed by atoms with Gasteiger partial charge in [0.05, 0.1) is 4.90 Å². The molecule has 0 heterocycles. The van der Waals surface area contributed by atoms with Gasteiger partial charge >= 0.3 is 0 Å². The smallest absolute Gasteiger partial charge is 0.240 e. The summed E-state index contributed by atoms with van der Waals surface area (Å²) in [6, 6.07) is 5.14. The average molecular weight is 226 g/mol. The third-order valence-electron chi connectivity index (χ3n) is 2.82. The van der Waals surface area contributed by atoms with Crippen molar-refractivity contribution in [2.45, 2.75) is 23.8 Å². The molecule has 0 spiro atoms. The van der Waals surface area contributed by atoms with Crippen molar-refractivity contribution >= 4 is 10.0 Å². The van der Waals surface area contributed by atoms with Crippen LogP contribution in [-0.4, -0.2) is 15.5 Å². The maximum absolute atomic E-state index is 11.6. The van der Waals surface area contributed by atoms with Crippen LogP contribution in [0.15, 0.2) is 23.1 Å². The molecule has 15 heavy (non-hydrogen) atoms. The lowest BCUT2D eigenvalue weighted by Gasteiger charge is -2.08. The Bertz CT molecular complexity index is 482. The van der Waals surface area contributed by atoms with Gasteiger partial charge in [0.25, 0.3) is 0 Å². The zero-order chi connectivity index (χ0) is 11.1. The maximum atomic E-state index is 11.6. The number of hydrogen-bond donors (Lipinski definition) is 2. The number of nitrogens with two attached hydrogens (primary N) is 1. The molecule has 0 fully saturated rings. The Hall–Kier alpha value is -0.910. The fourth-order valence-electron chi connectivity index (χ4n) is 1.90. The summed E-state index contributed by atoms with van der Waals surface area (Å²) < 4.78 is 25.4. The van der Waals surface area contributed by atoms with E-state index >= 15 is 0 Å². The summed E-state index contributed by atoms with van der Waals surface area (Å²) in [6.45, 7) is 0. The number of aryl methyl sites for hydroxylation is 1. The van der Waals surface area contributed by atoms with E-state index in [0.717, 1.165) is 24.0 Å². The van der Waals surface area contributed by atoms with Crippen molar-refractivity contribution in [2.75, 3.05) is 7.05 Å². The molecule has 5 heteroatoms. The van der Waals surface area contributed by atoms with Gasteiger partial charge in [0.2, 0.25) is 10.0 Å². The van der Waals surface area contributed by atoms with E-state index in [1.165, 1.54) is 7.05 Å². The number of hydrogen-bond acceptors (Lipinski definition) is 3. The van der Waals surface area contributed by atoms with Gasteiger partial charge in [-0.05, 0) is 43.1 Å². The number of benzene rings is 1. The number of fused-ring (bicyclic) bond motifs is 1. The van der Waals surface area contributed by atoms with Crippen LogP contribution in [0.1, 0.15) is 23.6 Å². The molecule has 0 aliphatic heterocycles. The Morgan fingerprint density at radius 3 is 2.87 bits per heavy atom. The molecule has 82 valence electrons. The highest BCUT2D eigenvalue weighted by molar-refractivity contribution is 7.89. The predicted octanol–water partition coefficient (Wildman–Crippen LogP) is 0.541. The van der Waals surface area contributed by atoms with E-state index in [-0.39, 0.29) is 6.04 Å². The second-order valence-electron chi connectivity index (χ2n) is 3.71. The Labute approximate surface area is 89.5 Å².